The summed E-state index contributed by atoms with van der Waals surface area (Å²) in [6.45, 7) is 6.84. The van der Waals surface area contributed by atoms with E-state index in [9.17, 15) is 0 Å². The number of methoxy groups -OCH3 is 1. The molecule has 3 aliphatic rings. The number of rotatable bonds is 4. The lowest BCUT2D eigenvalue weighted by Crippen LogP contribution is -2.44. The number of para-hydroxylation sites is 1. The summed E-state index contributed by atoms with van der Waals surface area (Å²) in [5.41, 5.74) is 4.70. The maximum absolute atomic E-state index is 6.02. The monoisotopic (exact) mass is 363 g/mol. The minimum absolute atomic E-state index is 0.309. The van der Waals surface area contributed by atoms with Crippen molar-refractivity contribution in [2.24, 2.45) is 5.92 Å². The van der Waals surface area contributed by atoms with E-state index in [1.165, 1.54) is 37.1 Å². The van der Waals surface area contributed by atoms with Crippen molar-refractivity contribution >= 4 is 0 Å². The first-order valence-electron chi connectivity index (χ1n) is 10.3. The molecular weight excluding hydrogens is 334 g/mol. The van der Waals surface area contributed by atoms with Crippen LogP contribution < -0.4 is 9.47 Å². The van der Waals surface area contributed by atoms with E-state index in [-0.39, 0.29) is 0 Å². The molecule has 0 saturated carbocycles. The highest BCUT2D eigenvalue weighted by molar-refractivity contribution is 5.54. The third kappa shape index (κ3) is 2.67. The molecule has 142 valence electrons. The van der Waals surface area contributed by atoms with E-state index in [1.807, 2.05) is 6.07 Å². The fourth-order valence-corrected chi connectivity index (χ4v) is 5.95. The van der Waals surface area contributed by atoms with E-state index in [0.29, 0.717) is 11.3 Å². The van der Waals surface area contributed by atoms with E-state index in [4.69, 9.17) is 9.47 Å². The van der Waals surface area contributed by atoms with Crippen LogP contribution in [0.25, 0.3) is 0 Å². The van der Waals surface area contributed by atoms with Crippen LogP contribution >= 0.6 is 0 Å². The Morgan fingerprint density at radius 3 is 2.96 bits per heavy atom. The van der Waals surface area contributed by atoms with Crippen LogP contribution in [0.5, 0.6) is 11.5 Å². The van der Waals surface area contributed by atoms with E-state index in [1.54, 1.807) is 12.7 Å². The summed E-state index contributed by atoms with van der Waals surface area (Å²) in [7, 11) is 1.77. The zero-order valence-corrected chi connectivity index (χ0v) is 16.4. The first-order valence-corrected chi connectivity index (χ1v) is 10.3. The Morgan fingerprint density at radius 2 is 2.07 bits per heavy atom. The highest BCUT2D eigenvalue weighted by Gasteiger charge is 2.53. The van der Waals surface area contributed by atoms with Gasteiger partial charge in [-0.15, -0.1) is 0 Å². The summed E-state index contributed by atoms with van der Waals surface area (Å²) in [6.07, 6.45) is 3.51. The topological polar surface area (TPSA) is 21.7 Å². The predicted molar refractivity (Wildman–Crippen MR) is 108 cm³/mol. The van der Waals surface area contributed by atoms with Crippen molar-refractivity contribution in [2.75, 3.05) is 33.4 Å². The smallest absolute Gasteiger partial charge is 0.123 e. The van der Waals surface area contributed by atoms with Crippen LogP contribution in [0, 0.1) is 5.92 Å². The number of fused-ring (bicyclic) bond motifs is 3. The molecule has 2 aliphatic heterocycles. The van der Waals surface area contributed by atoms with Crippen LogP contribution in [0.2, 0.25) is 0 Å². The van der Waals surface area contributed by atoms with Crippen LogP contribution in [0.15, 0.2) is 42.5 Å². The fraction of sp³-hybridized carbons (Fsp3) is 0.500. The molecule has 3 nitrogen and oxygen atoms in total. The van der Waals surface area contributed by atoms with Crippen molar-refractivity contribution in [1.29, 1.82) is 0 Å². The van der Waals surface area contributed by atoms with E-state index < -0.39 is 0 Å². The Bertz CT molecular complexity index is 848. The molecule has 0 amide bonds. The van der Waals surface area contributed by atoms with Crippen LogP contribution in [0.1, 0.15) is 42.4 Å². The van der Waals surface area contributed by atoms with E-state index in [2.05, 4.69) is 48.2 Å². The highest BCUT2D eigenvalue weighted by atomic mass is 16.5. The van der Waals surface area contributed by atoms with E-state index >= 15 is 0 Å². The maximum atomic E-state index is 6.02. The highest BCUT2D eigenvalue weighted by Crippen LogP contribution is 2.59. The van der Waals surface area contributed by atoms with Crippen molar-refractivity contribution in [3.8, 4) is 11.5 Å². The normalized spacial score (nSPS) is 29.0. The summed E-state index contributed by atoms with van der Waals surface area (Å²) in [4.78, 5) is 2.66. The van der Waals surface area contributed by atoms with Crippen LogP contribution in [-0.2, 0) is 11.8 Å². The number of likely N-dealkylation sites (tertiary alicyclic amines) is 1. The Balaban J connectivity index is 1.36. The lowest BCUT2D eigenvalue weighted by atomic mass is 9.68. The first-order chi connectivity index (χ1) is 13.2. The average Bonchev–Trinajstić information content (AvgIpc) is 2.97. The molecule has 2 aromatic rings. The third-order valence-electron chi connectivity index (χ3n) is 7.31. The van der Waals surface area contributed by atoms with Gasteiger partial charge in [-0.2, -0.15) is 0 Å². The summed E-state index contributed by atoms with van der Waals surface area (Å²) >= 11 is 0. The van der Waals surface area contributed by atoms with Gasteiger partial charge in [0.25, 0.3) is 0 Å². The second-order valence-electron chi connectivity index (χ2n) is 8.60. The second-order valence-corrected chi connectivity index (χ2v) is 8.60. The van der Waals surface area contributed by atoms with Gasteiger partial charge in [-0.05, 0) is 55.0 Å². The fourth-order valence-electron chi connectivity index (χ4n) is 5.95. The molecule has 1 aliphatic carbocycles. The molecule has 1 saturated heterocycles. The largest absolute Gasteiger partial charge is 0.496 e. The minimum Gasteiger partial charge on any atom is -0.496 e. The van der Waals surface area contributed by atoms with Gasteiger partial charge in [-0.1, -0.05) is 37.3 Å². The molecule has 27 heavy (non-hydrogen) atoms. The van der Waals surface area contributed by atoms with Crippen LogP contribution in [0.3, 0.4) is 0 Å². The van der Waals surface area contributed by atoms with Gasteiger partial charge in [0.15, 0.2) is 0 Å². The number of ether oxygens (including phenoxy) is 2. The summed E-state index contributed by atoms with van der Waals surface area (Å²) in [6, 6.07) is 15.1. The van der Waals surface area contributed by atoms with Crippen LogP contribution in [0.4, 0.5) is 0 Å². The molecule has 3 unspecified atom stereocenters. The molecule has 0 spiro atoms. The lowest BCUT2D eigenvalue weighted by Gasteiger charge is -2.43. The molecule has 5 rings (SSSR count). The molecule has 0 N–H and O–H groups in total. The SMILES string of the molecule is COc1ccccc1CCN1CCC2C(C1)c1cccc3c1C2(C)CCO3. The second kappa shape index (κ2) is 6.56. The Labute approximate surface area is 162 Å². The number of hydrogen-bond donors (Lipinski definition) is 0. The van der Waals surface area contributed by atoms with Gasteiger partial charge < -0.3 is 14.4 Å². The molecular formula is C24H29NO2. The molecule has 0 radical (unpaired) electrons. The number of hydrogen-bond acceptors (Lipinski definition) is 3. The van der Waals surface area contributed by atoms with Gasteiger partial charge in [0, 0.05) is 30.0 Å². The standard InChI is InChI=1S/C24H29NO2/c1-24-12-15-27-22-9-5-7-18(23(22)24)19-16-25(14-11-20(19)24)13-10-17-6-3-4-8-21(17)26-2/h3-9,19-20H,10-16H2,1-2H3. The first kappa shape index (κ1) is 17.1. The number of nitrogens with zero attached hydrogens (tertiary/aromatic N) is 1. The molecule has 1 fully saturated rings. The quantitative estimate of drug-likeness (QED) is 0.804. The molecule has 0 aromatic heterocycles. The number of benzene rings is 2. The Hall–Kier alpha value is -2.00. The molecule has 0 bridgehead atoms. The van der Waals surface area contributed by atoms with Crippen molar-refractivity contribution in [2.45, 2.75) is 37.5 Å². The average molecular weight is 364 g/mol. The van der Waals surface area contributed by atoms with Crippen molar-refractivity contribution in [1.82, 2.24) is 4.90 Å². The zero-order chi connectivity index (χ0) is 18.4. The van der Waals surface area contributed by atoms with Crippen molar-refractivity contribution in [3.05, 3.63) is 59.2 Å². The third-order valence-corrected chi connectivity index (χ3v) is 7.31. The van der Waals surface area contributed by atoms with Gasteiger partial charge >= 0.3 is 0 Å². The lowest BCUT2D eigenvalue weighted by molar-refractivity contribution is 0.104. The Morgan fingerprint density at radius 1 is 1.19 bits per heavy atom. The number of piperidine rings is 1. The summed E-state index contributed by atoms with van der Waals surface area (Å²) in [5.74, 6) is 3.58. The molecule has 3 atom stereocenters. The van der Waals surface area contributed by atoms with Gasteiger partial charge in [-0.3, -0.25) is 0 Å². The summed E-state index contributed by atoms with van der Waals surface area (Å²) in [5, 5.41) is 0. The molecule has 2 heterocycles. The van der Waals surface area contributed by atoms with Gasteiger partial charge in [0.05, 0.1) is 13.7 Å². The zero-order valence-electron chi connectivity index (χ0n) is 16.4. The van der Waals surface area contributed by atoms with Gasteiger partial charge in [-0.25, -0.2) is 0 Å². The van der Waals surface area contributed by atoms with Crippen LogP contribution in [-0.4, -0.2) is 38.3 Å². The Kier molecular flexibility index (Phi) is 4.16. The van der Waals surface area contributed by atoms with E-state index in [0.717, 1.165) is 37.0 Å². The molecule has 2 aromatic carbocycles. The van der Waals surface area contributed by atoms with Gasteiger partial charge in [0.2, 0.25) is 0 Å². The van der Waals surface area contributed by atoms with Gasteiger partial charge in [0.1, 0.15) is 11.5 Å². The summed E-state index contributed by atoms with van der Waals surface area (Å²) < 4.78 is 11.5. The minimum atomic E-state index is 0.309. The maximum Gasteiger partial charge on any atom is 0.123 e. The van der Waals surface area contributed by atoms with Crippen molar-refractivity contribution in [3.63, 3.8) is 0 Å². The molecule has 3 heteroatoms. The van der Waals surface area contributed by atoms with Crippen molar-refractivity contribution < 1.29 is 9.47 Å². The predicted octanol–water partition coefficient (Wildman–Crippen LogP) is 4.40.